The number of piperidine rings is 8. The number of rotatable bonds is 5. The Morgan fingerprint density at radius 1 is 0.310 bits per heavy atom. The highest BCUT2D eigenvalue weighted by Gasteiger charge is 2.66. The Morgan fingerprint density at radius 2 is 0.717 bits per heavy atom. The Morgan fingerprint density at radius 3 is 1.22 bits per heavy atom. The highest BCUT2D eigenvalue weighted by Crippen LogP contribution is 2.69. The predicted molar refractivity (Wildman–Crippen MR) is 470 cm³/mol. The molecular formula is C103H130N10. The molecule has 113 heavy (non-hydrogen) atoms. The van der Waals surface area contributed by atoms with Gasteiger partial charge in [0.2, 0.25) is 0 Å². The van der Waals surface area contributed by atoms with E-state index in [2.05, 4.69) is 311 Å². The van der Waals surface area contributed by atoms with Crippen molar-refractivity contribution >= 4 is 28.4 Å². The first-order valence-corrected chi connectivity index (χ1v) is 43.9. The maximum absolute atomic E-state index is 4.82. The number of nitrogens with zero attached hydrogens (tertiary/aromatic N) is 10. The fourth-order valence-electron chi connectivity index (χ4n) is 27.6. The summed E-state index contributed by atoms with van der Waals surface area (Å²) in [5.41, 5.74) is 39.8. The van der Waals surface area contributed by atoms with Crippen LogP contribution in [0.2, 0.25) is 0 Å². The lowest BCUT2D eigenvalue weighted by Gasteiger charge is -2.70. The molecule has 12 fully saturated rings. The smallest absolute Gasteiger partial charge is 0.0661 e. The zero-order valence-corrected chi connectivity index (χ0v) is 73.0. The first-order chi connectivity index (χ1) is 53.8. The number of benzene rings is 4. The molecule has 12 aliphatic heterocycles. The molecule has 30 rings (SSSR count). The van der Waals surface area contributed by atoms with Gasteiger partial charge in [-0.2, -0.15) is 0 Å². The molecule has 10 bridgehead atoms. The minimum atomic E-state index is 0.0558. The third-order valence-corrected chi connectivity index (χ3v) is 32.6. The molecule has 4 aromatic carbocycles. The number of anilines is 5. The topological polar surface area (TPSA) is 80.7 Å². The first kappa shape index (κ1) is 77.2. The van der Waals surface area contributed by atoms with Gasteiger partial charge in [0.15, 0.2) is 0 Å². The molecule has 0 radical (unpaired) electrons. The van der Waals surface area contributed by atoms with Crippen molar-refractivity contribution in [2.75, 3.05) is 24.5 Å². The molecular weight excluding hydrogens is 1380 g/mol. The summed E-state index contributed by atoms with van der Waals surface area (Å²) in [5, 5.41) is 0. The molecule has 17 heterocycles. The van der Waals surface area contributed by atoms with Crippen LogP contribution in [0.5, 0.6) is 0 Å². The van der Waals surface area contributed by atoms with Crippen molar-refractivity contribution in [1.29, 1.82) is 0 Å². The molecule has 8 saturated heterocycles. The van der Waals surface area contributed by atoms with Crippen LogP contribution in [0.4, 0.5) is 28.4 Å². The monoisotopic (exact) mass is 1510 g/mol. The number of hydrogen-bond acceptors (Lipinski definition) is 10. The molecule has 21 aliphatic rings. The summed E-state index contributed by atoms with van der Waals surface area (Å²) in [6.45, 7) is 52.1. The van der Waals surface area contributed by atoms with Crippen LogP contribution in [0.1, 0.15) is 305 Å². The van der Waals surface area contributed by atoms with E-state index >= 15 is 0 Å². The van der Waals surface area contributed by atoms with Crippen LogP contribution in [-0.2, 0) is 27.4 Å². The highest BCUT2D eigenvalue weighted by molar-refractivity contribution is 5.71. The van der Waals surface area contributed by atoms with E-state index in [9.17, 15) is 0 Å². The Bertz CT molecular complexity index is 5020. The second-order valence-electron chi connectivity index (χ2n) is 38.9. The summed E-state index contributed by atoms with van der Waals surface area (Å²) >= 11 is 0. The van der Waals surface area contributed by atoms with Crippen LogP contribution >= 0.6 is 0 Å². The van der Waals surface area contributed by atoms with E-state index in [1.165, 1.54) is 198 Å². The molecule has 4 saturated carbocycles. The third-order valence-electron chi connectivity index (χ3n) is 32.6. The van der Waals surface area contributed by atoms with Gasteiger partial charge in [-0.25, -0.2) is 0 Å². The van der Waals surface area contributed by atoms with Gasteiger partial charge < -0.3 is 24.5 Å². The Kier molecular flexibility index (Phi) is 18.9. The minimum Gasteiger partial charge on any atom is -0.361 e. The fourth-order valence-corrected chi connectivity index (χ4v) is 27.6. The largest absolute Gasteiger partial charge is 0.361 e. The molecule has 592 valence electrons. The van der Waals surface area contributed by atoms with E-state index in [-0.39, 0.29) is 22.0 Å². The lowest BCUT2D eigenvalue weighted by molar-refractivity contribution is -0.0449. The fraction of sp³-hybridized carbons (Fsp3) is 0.524. The Balaban J connectivity index is 0.000000102. The SMILES string of the molecule is Cc1cc(C)c(N2C(C)C3(C)CCC2(C)c2ccccc23)c(C)n1.Cc1cc(C)c(N2C(C)C34CCC2(CC3)CC4)c(C)n1.Cc1cc(C)c(N2C(C)C34CCC2(CC3)c2ccccc24)c(C)n1.Cc1cc(C)c(N2C(C)C3CCC2(C)c2ccccc23)c(C)n1.Cc1cc(C)c(N2C3CCC(c4ccccc43)C2C)c(C)n1. The first-order valence-electron chi connectivity index (χ1n) is 43.9. The van der Waals surface area contributed by atoms with E-state index in [4.69, 9.17) is 24.9 Å². The Labute approximate surface area is 678 Å². The highest BCUT2D eigenvalue weighted by atomic mass is 15.3. The average molecular weight is 1510 g/mol. The third kappa shape index (κ3) is 11.5. The van der Waals surface area contributed by atoms with Gasteiger partial charge in [0.05, 0.1) is 79.6 Å². The van der Waals surface area contributed by atoms with Gasteiger partial charge in [-0.3, -0.25) is 24.9 Å². The summed E-state index contributed by atoms with van der Waals surface area (Å²) in [5.74, 6) is 1.29. The quantitative estimate of drug-likeness (QED) is 0.166. The number of aryl methyl sites for hydroxylation is 15. The summed E-state index contributed by atoms with van der Waals surface area (Å²) in [7, 11) is 0. The van der Waals surface area contributed by atoms with E-state index in [0.717, 1.165) is 34.2 Å². The van der Waals surface area contributed by atoms with E-state index in [1.807, 2.05) is 0 Å². The molecule has 11 unspecified atom stereocenters. The van der Waals surface area contributed by atoms with E-state index in [1.54, 1.807) is 27.8 Å². The summed E-state index contributed by atoms with van der Waals surface area (Å²) in [6.07, 6.45) is 21.4. The molecule has 0 N–H and O–H groups in total. The maximum atomic E-state index is 4.82. The minimum absolute atomic E-state index is 0.0558. The van der Waals surface area contributed by atoms with Crippen molar-refractivity contribution in [1.82, 2.24) is 24.9 Å². The van der Waals surface area contributed by atoms with E-state index < -0.39 is 0 Å². The summed E-state index contributed by atoms with van der Waals surface area (Å²) < 4.78 is 0. The van der Waals surface area contributed by atoms with Crippen LogP contribution in [0.3, 0.4) is 0 Å². The molecule has 9 aromatic rings. The van der Waals surface area contributed by atoms with Crippen molar-refractivity contribution in [3.8, 4) is 0 Å². The average Bonchev–Trinajstić information content (AvgIpc) is 0.667. The van der Waals surface area contributed by atoms with Gasteiger partial charge in [-0.1, -0.05) is 104 Å². The second kappa shape index (κ2) is 27.7. The number of pyridine rings is 5. The molecule has 0 spiro atoms. The van der Waals surface area contributed by atoms with Crippen LogP contribution < -0.4 is 24.5 Å². The standard InChI is InChI=1S/C22H26N2.C22H28N2.C21H26N2.C20H24N2.C18H26N2/c1-14-13-15(2)23-16(3)20(14)24-17(4)21-9-11-22(24,12-10-21)19-8-6-5-7-18(19)21;1-14-13-15(2)23-16(3)20(14)24-17(4)21(5)11-12-22(24,6)19-10-8-7-9-18(19)21;1-13-12-14(2)22-15(3)20(13)23-16(4)17-10-11-21(23,5)19-9-7-6-8-18(17)19;1-12-11-13(2)21-14(3)20(12)22-15(4)16-9-10-19(22)18-8-6-5-7-17(16)18;1-12-11-13(2)19-14(3)16(12)20-15(4)17-5-8-18(20,9-6-17)10-7-17/h5-8,13,17H,9-12H2,1-4H3;7-10,13,17H,11-12H2,1-6H3;6-9,12,16-17H,10-11H2,1-5H3;5-8,11,15-16,19H,9-10H2,1-4H3;11,15H,5-10H2,1-4H3. The van der Waals surface area contributed by atoms with Gasteiger partial charge in [0, 0.05) is 86.9 Å². The van der Waals surface area contributed by atoms with Crippen LogP contribution in [0.15, 0.2) is 127 Å². The van der Waals surface area contributed by atoms with Gasteiger partial charge in [0.1, 0.15) is 0 Å². The van der Waals surface area contributed by atoms with Crippen LogP contribution in [0.25, 0.3) is 0 Å². The summed E-state index contributed by atoms with van der Waals surface area (Å²) in [6, 6.07) is 51.0. The lowest BCUT2D eigenvalue weighted by Crippen LogP contribution is -2.72. The van der Waals surface area contributed by atoms with Crippen LogP contribution in [-0.4, -0.2) is 60.7 Å². The van der Waals surface area contributed by atoms with Crippen LogP contribution in [0, 0.1) is 109 Å². The Hall–Kier alpha value is -8.37. The van der Waals surface area contributed by atoms with E-state index in [0.29, 0.717) is 64.5 Å². The molecule has 5 aromatic heterocycles. The zero-order chi connectivity index (χ0) is 79.9. The molecule has 0 amide bonds. The molecule has 10 heteroatoms. The van der Waals surface area contributed by atoms with Crippen molar-refractivity contribution in [3.05, 3.63) is 257 Å². The molecule has 11 atom stereocenters. The predicted octanol–water partition coefficient (Wildman–Crippen LogP) is 24.3. The summed E-state index contributed by atoms with van der Waals surface area (Å²) in [4.78, 5) is 37.5. The van der Waals surface area contributed by atoms with Crippen molar-refractivity contribution in [2.24, 2.45) is 5.41 Å². The molecule has 9 aliphatic carbocycles. The van der Waals surface area contributed by atoms with Crippen molar-refractivity contribution in [3.63, 3.8) is 0 Å². The molecule has 10 nitrogen and oxygen atoms in total. The number of fused-ring (bicyclic) bond motifs is 6. The normalized spacial score (nSPS) is 31.4. The van der Waals surface area contributed by atoms with Crippen molar-refractivity contribution in [2.45, 2.75) is 343 Å². The number of hydrogen-bond donors (Lipinski definition) is 0. The lowest BCUT2D eigenvalue weighted by atomic mass is 9.47. The van der Waals surface area contributed by atoms with Crippen molar-refractivity contribution < 1.29 is 0 Å². The van der Waals surface area contributed by atoms with Gasteiger partial charge >= 0.3 is 0 Å². The van der Waals surface area contributed by atoms with Gasteiger partial charge in [-0.15, -0.1) is 0 Å². The van der Waals surface area contributed by atoms with Gasteiger partial charge in [0.25, 0.3) is 0 Å². The maximum Gasteiger partial charge on any atom is 0.0661 e. The van der Waals surface area contributed by atoms with Gasteiger partial charge in [-0.05, 0) is 363 Å². The number of aromatic nitrogens is 5. The zero-order valence-electron chi connectivity index (χ0n) is 73.0. The second-order valence-corrected chi connectivity index (χ2v) is 38.9.